The molecular formula is C21H40O2. The van der Waals surface area contributed by atoms with Gasteiger partial charge in [0.1, 0.15) is 0 Å². The minimum atomic E-state index is -0.736. The van der Waals surface area contributed by atoms with E-state index in [0.717, 1.165) is 18.4 Å². The van der Waals surface area contributed by atoms with Gasteiger partial charge in [-0.1, -0.05) is 96.0 Å². The van der Waals surface area contributed by atoms with Crippen molar-refractivity contribution < 1.29 is 9.90 Å². The van der Waals surface area contributed by atoms with Crippen molar-refractivity contribution in [1.29, 1.82) is 0 Å². The number of hydrogen-bond donors (Lipinski definition) is 1. The van der Waals surface area contributed by atoms with E-state index in [1.54, 1.807) is 0 Å². The summed E-state index contributed by atoms with van der Waals surface area (Å²) in [5, 5.41) is 9.09. The Balaban J connectivity index is 3.28. The summed E-state index contributed by atoms with van der Waals surface area (Å²) >= 11 is 0. The number of unbranched alkanes of at least 4 members (excludes halogenated alkanes) is 13. The molecule has 0 unspecified atom stereocenters. The largest absolute Gasteiger partial charge is 0.478 e. The summed E-state index contributed by atoms with van der Waals surface area (Å²) in [6.07, 6.45) is 19.5. The maximum atomic E-state index is 11.0. The van der Waals surface area contributed by atoms with Gasteiger partial charge in [-0.2, -0.15) is 0 Å². The molecular weight excluding hydrogens is 284 g/mol. The van der Waals surface area contributed by atoms with Gasteiger partial charge in [0, 0.05) is 5.57 Å². The summed E-state index contributed by atoms with van der Waals surface area (Å²) in [6.45, 7) is 6.06. The third-order valence-corrected chi connectivity index (χ3v) is 4.64. The van der Waals surface area contributed by atoms with Crippen molar-refractivity contribution in [2.45, 2.75) is 117 Å². The van der Waals surface area contributed by atoms with Crippen LogP contribution in [0, 0.1) is 0 Å². The highest BCUT2D eigenvalue weighted by molar-refractivity contribution is 5.87. The fourth-order valence-electron chi connectivity index (χ4n) is 3.07. The average molecular weight is 325 g/mol. The second kappa shape index (κ2) is 16.1. The lowest BCUT2D eigenvalue weighted by Gasteiger charge is -2.05. The number of hydrogen-bond acceptors (Lipinski definition) is 1. The molecule has 0 saturated heterocycles. The van der Waals surface area contributed by atoms with Crippen LogP contribution in [0.15, 0.2) is 11.1 Å². The molecule has 0 spiro atoms. The molecule has 0 aromatic carbocycles. The van der Waals surface area contributed by atoms with Crippen LogP contribution in [0.3, 0.4) is 0 Å². The normalized spacial score (nSPS) is 10.7. The number of rotatable bonds is 16. The summed E-state index contributed by atoms with van der Waals surface area (Å²) in [5.74, 6) is -0.736. The van der Waals surface area contributed by atoms with Gasteiger partial charge in [-0.05, 0) is 26.7 Å². The molecule has 2 heteroatoms. The van der Waals surface area contributed by atoms with E-state index in [0.29, 0.717) is 5.57 Å². The molecule has 0 aromatic heterocycles. The molecule has 136 valence electrons. The summed E-state index contributed by atoms with van der Waals surface area (Å²) in [5.41, 5.74) is 1.57. The van der Waals surface area contributed by atoms with Crippen LogP contribution in [0.25, 0.3) is 0 Å². The second-order valence-corrected chi connectivity index (χ2v) is 7.13. The van der Waals surface area contributed by atoms with Crippen LogP contribution in [0.1, 0.15) is 117 Å². The van der Waals surface area contributed by atoms with Crippen molar-refractivity contribution in [3.8, 4) is 0 Å². The minimum Gasteiger partial charge on any atom is -0.478 e. The summed E-state index contributed by atoms with van der Waals surface area (Å²) < 4.78 is 0. The number of aliphatic carboxylic acids is 1. The first kappa shape index (κ1) is 22.2. The molecule has 0 fully saturated rings. The van der Waals surface area contributed by atoms with Gasteiger partial charge in [0.15, 0.2) is 0 Å². The topological polar surface area (TPSA) is 37.3 Å². The molecule has 0 aliphatic heterocycles. The first-order valence-electron chi connectivity index (χ1n) is 9.99. The Hall–Kier alpha value is -0.790. The van der Waals surface area contributed by atoms with Gasteiger partial charge in [-0.15, -0.1) is 0 Å². The fraction of sp³-hybridized carbons (Fsp3) is 0.857. The van der Waals surface area contributed by atoms with E-state index in [1.807, 2.05) is 13.8 Å². The number of carboxylic acid groups (broad SMARTS) is 1. The zero-order valence-corrected chi connectivity index (χ0v) is 16.0. The maximum Gasteiger partial charge on any atom is 0.331 e. The summed E-state index contributed by atoms with van der Waals surface area (Å²) in [6, 6.07) is 0. The van der Waals surface area contributed by atoms with Crippen LogP contribution < -0.4 is 0 Å². The molecule has 23 heavy (non-hydrogen) atoms. The van der Waals surface area contributed by atoms with Crippen LogP contribution in [0.4, 0.5) is 0 Å². The van der Waals surface area contributed by atoms with E-state index in [2.05, 4.69) is 6.92 Å². The smallest absolute Gasteiger partial charge is 0.331 e. The molecule has 0 aliphatic carbocycles. The van der Waals surface area contributed by atoms with E-state index in [4.69, 9.17) is 5.11 Å². The SMILES string of the molecule is CCCCCCCCCCCCCCCCC(C(=O)O)=C(C)C. The molecule has 0 rings (SSSR count). The van der Waals surface area contributed by atoms with Gasteiger partial charge >= 0.3 is 5.97 Å². The van der Waals surface area contributed by atoms with Crippen molar-refractivity contribution in [1.82, 2.24) is 0 Å². The minimum absolute atomic E-state index is 0.615. The third-order valence-electron chi connectivity index (χ3n) is 4.64. The highest BCUT2D eigenvalue weighted by Crippen LogP contribution is 2.16. The zero-order chi connectivity index (χ0) is 17.3. The highest BCUT2D eigenvalue weighted by Gasteiger charge is 2.08. The molecule has 0 heterocycles. The van der Waals surface area contributed by atoms with Crippen LogP contribution in [0.5, 0.6) is 0 Å². The van der Waals surface area contributed by atoms with E-state index < -0.39 is 5.97 Å². The first-order valence-corrected chi connectivity index (χ1v) is 9.99. The van der Waals surface area contributed by atoms with E-state index >= 15 is 0 Å². The van der Waals surface area contributed by atoms with Gasteiger partial charge in [0.25, 0.3) is 0 Å². The number of allylic oxidation sites excluding steroid dienone is 1. The maximum absolute atomic E-state index is 11.0. The van der Waals surface area contributed by atoms with Gasteiger partial charge < -0.3 is 5.11 Å². The van der Waals surface area contributed by atoms with Crippen molar-refractivity contribution >= 4 is 5.97 Å². The molecule has 0 saturated carbocycles. The van der Waals surface area contributed by atoms with E-state index in [9.17, 15) is 4.79 Å². The first-order chi connectivity index (χ1) is 11.1. The highest BCUT2D eigenvalue weighted by atomic mass is 16.4. The Kier molecular flexibility index (Phi) is 15.5. The summed E-state index contributed by atoms with van der Waals surface area (Å²) in [7, 11) is 0. The second-order valence-electron chi connectivity index (χ2n) is 7.13. The van der Waals surface area contributed by atoms with Gasteiger partial charge in [-0.25, -0.2) is 4.79 Å². The summed E-state index contributed by atoms with van der Waals surface area (Å²) in [4.78, 5) is 11.0. The molecule has 0 aromatic rings. The van der Waals surface area contributed by atoms with Crippen LogP contribution in [-0.2, 0) is 4.79 Å². The third kappa shape index (κ3) is 14.5. The van der Waals surface area contributed by atoms with Crippen LogP contribution in [-0.4, -0.2) is 11.1 Å². The van der Waals surface area contributed by atoms with E-state index in [1.165, 1.54) is 83.5 Å². The Bertz CT molecular complexity index is 314. The average Bonchev–Trinajstić information content (AvgIpc) is 2.50. The molecule has 0 bridgehead atoms. The molecule has 0 radical (unpaired) electrons. The lowest BCUT2D eigenvalue weighted by molar-refractivity contribution is -0.132. The Labute approximate surface area is 144 Å². The molecule has 0 aliphatic rings. The van der Waals surface area contributed by atoms with Crippen molar-refractivity contribution in [3.05, 3.63) is 11.1 Å². The lowest BCUT2D eigenvalue weighted by Crippen LogP contribution is -2.02. The Morgan fingerprint density at radius 2 is 1.00 bits per heavy atom. The Morgan fingerprint density at radius 3 is 1.30 bits per heavy atom. The standard InChI is InChI=1S/C21H40O2/c1-4-5-6-7-8-9-10-11-12-13-14-15-16-17-18-20(19(2)3)21(22)23/h4-18H2,1-3H3,(H,22,23). The van der Waals surface area contributed by atoms with Crippen molar-refractivity contribution in [2.24, 2.45) is 0 Å². The number of carboxylic acids is 1. The number of carbonyl (C=O) groups is 1. The van der Waals surface area contributed by atoms with Crippen LogP contribution >= 0.6 is 0 Å². The fourth-order valence-corrected chi connectivity index (χ4v) is 3.07. The quantitative estimate of drug-likeness (QED) is 0.239. The zero-order valence-electron chi connectivity index (χ0n) is 16.0. The van der Waals surface area contributed by atoms with Crippen molar-refractivity contribution in [3.63, 3.8) is 0 Å². The van der Waals surface area contributed by atoms with Crippen LogP contribution in [0.2, 0.25) is 0 Å². The Morgan fingerprint density at radius 1 is 0.652 bits per heavy atom. The molecule has 2 nitrogen and oxygen atoms in total. The molecule has 0 atom stereocenters. The van der Waals surface area contributed by atoms with Gasteiger partial charge in [0.2, 0.25) is 0 Å². The predicted molar refractivity (Wildman–Crippen MR) is 101 cm³/mol. The van der Waals surface area contributed by atoms with Crippen molar-refractivity contribution in [2.75, 3.05) is 0 Å². The van der Waals surface area contributed by atoms with Gasteiger partial charge in [0.05, 0.1) is 0 Å². The lowest BCUT2D eigenvalue weighted by atomic mass is 10.0. The monoisotopic (exact) mass is 324 g/mol. The predicted octanol–water partition coefficient (Wildman–Crippen LogP) is 7.28. The van der Waals surface area contributed by atoms with Gasteiger partial charge in [-0.3, -0.25) is 0 Å². The van der Waals surface area contributed by atoms with E-state index in [-0.39, 0.29) is 0 Å². The molecule has 1 N–H and O–H groups in total. The molecule has 0 amide bonds.